The number of nitrogens with zero attached hydrogens (tertiary/aromatic N) is 1. The molecule has 0 bridgehead atoms. The molecule has 1 fully saturated rings. The molecule has 0 saturated carbocycles. The van der Waals surface area contributed by atoms with Crippen LogP contribution in [0.2, 0.25) is 0 Å². The maximum atomic E-state index is 7.51. The summed E-state index contributed by atoms with van der Waals surface area (Å²) >= 11 is 0. The summed E-state index contributed by atoms with van der Waals surface area (Å²) in [5.41, 5.74) is 9.00. The van der Waals surface area contributed by atoms with Gasteiger partial charge in [0.15, 0.2) is 0 Å². The van der Waals surface area contributed by atoms with E-state index in [0.29, 0.717) is 0 Å². The summed E-state index contributed by atoms with van der Waals surface area (Å²) in [6, 6.07) is 6.88. The van der Waals surface area contributed by atoms with E-state index in [4.69, 9.17) is 11.1 Å². The van der Waals surface area contributed by atoms with Gasteiger partial charge in [0.05, 0.1) is 0 Å². The number of hydrogen-bond donors (Lipinski definition) is 2. The van der Waals surface area contributed by atoms with E-state index in [1.54, 1.807) is 0 Å². The standard InChI is InChI=1S/C17H27N3/c1-3-16-7-5-4-6-10-20(16)12-15-9-8-14(17(18)19)11-13(15)2/h8-9,11,16H,3-7,10,12H2,1-2H3,(H3,18,19). The number of aryl methyl sites for hydroxylation is 1. The smallest absolute Gasteiger partial charge is 0.122 e. The average molecular weight is 273 g/mol. The Kier molecular flexibility index (Phi) is 5.18. The molecule has 1 aliphatic rings. The summed E-state index contributed by atoms with van der Waals surface area (Å²) in [6.07, 6.45) is 6.64. The minimum Gasteiger partial charge on any atom is -0.384 e. The highest BCUT2D eigenvalue weighted by atomic mass is 15.2. The van der Waals surface area contributed by atoms with Crippen molar-refractivity contribution in [2.24, 2.45) is 5.73 Å². The lowest BCUT2D eigenvalue weighted by Gasteiger charge is -2.29. The summed E-state index contributed by atoms with van der Waals surface area (Å²) in [7, 11) is 0. The van der Waals surface area contributed by atoms with Crippen LogP contribution in [0.4, 0.5) is 0 Å². The van der Waals surface area contributed by atoms with E-state index in [9.17, 15) is 0 Å². The second-order valence-corrected chi connectivity index (χ2v) is 5.94. The number of rotatable bonds is 4. The summed E-state index contributed by atoms with van der Waals surface area (Å²) in [5.74, 6) is 0.154. The maximum Gasteiger partial charge on any atom is 0.122 e. The molecular weight excluding hydrogens is 246 g/mol. The van der Waals surface area contributed by atoms with Crippen LogP contribution < -0.4 is 5.73 Å². The molecule has 3 nitrogen and oxygen atoms in total. The van der Waals surface area contributed by atoms with Gasteiger partial charge in [-0.25, -0.2) is 0 Å². The zero-order chi connectivity index (χ0) is 14.5. The first kappa shape index (κ1) is 15.0. The Bertz CT molecular complexity index is 467. The highest BCUT2D eigenvalue weighted by Crippen LogP contribution is 2.22. The molecule has 1 atom stereocenters. The van der Waals surface area contributed by atoms with Gasteiger partial charge < -0.3 is 5.73 Å². The SMILES string of the molecule is CCC1CCCCCN1Cc1ccc(C(=N)N)cc1C. The van der Waals surface area contributed by atoms with E-state index in [1.807, 2.05) is 12.1 Å². The summed E-state index contributed by atoms with van der Waals surface area (Å²) in [6.45, 7) is 6.67. The number of nitrogens with one attached hydrogen (secondary N) is 1. The number of likely N-dealkylation sites (tertiary alicyclic amines) is 1. The third kappa shape index (κ3) is 3.60. The van der Waals surface area contributed by atoms with Crippen molar-refractivity contribution in [3.8, 4) is 0 Å². The topological polar surface area (TPSA) is 53.1 Å². The molecule has 1 aliphatic heterocycles. The molecular formula is C17H27N3. The van der Waals surface area contributed by atoms with Crippen LogP contribution in [0.1, 0.15) is 55.7 Å². The quantitative estimate of drug-likeness (QED) is 0.652. The zero-order valence-corrected chi connectivity index (χ0v) is 12.8. The van der Waals surface area contributed by atoms with Crippen molar-refractivity contribution in [2.45, 2.75) is 58.5 Å². The Balaban J connectivity index is 2.13. The van der Waals surface area contributed by atoms with Crippen molar-refractivity contribution in [1.29, 1.82) is 5.41 Å². The third-order valence-electron chi connectivity index (χ3n) is 4.50. The fourth-order valence-electron chi connectivity index (χ4n) is 3.17. The average Bonchev–Trinajstić information content (AvgIpc) is 2.65. The Morgan fingerprint density at radius 1 is 1.35 bits per heavy atom. The number of amidine groups is 1. The lowest BCUT2D eigenvalue weighted by Crippen LogP contribution is -2.34. The van der Waals surface area contributed by atoms with Gasteiger partial charge in [-0.05, 0) is 49.9 Å². The summed E-state index contributed by atoms with van der Waals surface area (Å²) < 4.78 is 0. The van der Waals surface area contributed by atoms with Crippen molar-refractivity contribution < 1.29 is 0 Å². The lowest BCUT2D eigenvalue weighted by atomic mass is 10.0. The molecule has 1 saturated heterocycles. The van der Waals surface area contributed by atoms with Gasteiger partial charge in [-0.15, -0.1) is 0 Å². The molecule has 0 spiro atoms. The van der Waals surface area contributed by atoms with Crippen LogP contribution in [0.15, 0.2) is 18.2 Å². The van der Waals surface area contributed by atoms with Crippen LogP contribution in [0.3, 0.4) is 0 Å². The number of benzene rings is 1. The van der Waals surface area contributed by atoms with Gasteiger partial charge >= 0.3 is 0 Å². The lowest BCUT2D eigenvalue weighted by molar-refractivity contribution is 0.186. The molecule has 1 heterocycles. The summed E-state index contributed by atoms with van der Waals surface area (Å²) in [4.78, 5) is 2.64. The Labute approximate surface area is 122 Å². The molecule has 2 rings (SSSR count). The minimum atomic E-state index is 0.154. The van der Waals surface area contributed by atoms with Crippen molar-refractivity contribution >= 4 is 5.84 Å². The minimum absolute atomic E-state index is 0.154. The van der Waals surface area contributed by atoms with E-state index in [-0.39, 0.29) is 5.84 Å². The van der Waals surface area contributed by atoms with Crippen molar-refractivity contribution in [1.82, 2.24) is 4.90 Å². The molecule has 1 unspecified atom stereocenters. The molecule has 3 N–H and O–H groups in total. The predicted octanol–water partition coefficient (Wildman–Crippen LogP) is 3.43. The molecule has 0 aliphatic carbocycles. The van der Waals surface area contributed by atoms with Gasteiger partial charge in [0, 0.05) is 18.2 Å². The van der Waals surface area contributed by atoms with Crippen LogP contribution in [-0.4, -0.2) is 23.3 Å². The van der Waals surface area contributed by atoms with Gasteiger partial charge in [0.25, 0.3) is 0 Å². The fourth-order valence-corrected chi connectivity index (χ4v) is 3.17. The van der Waals surface area contributed by atoms with E-state index in [2.05, 4.69) is 24.8 Å². The van der Waals surface area contributed by atoms with Gasteiger partial charge in [-0.2, -0.15) is 0 Å². The van der Waals surface area contributed by atoms with Gasteiger partial charge in [-0.3, -0.25) is 10.3 Å². The molecule has 110 valence electrons. The van der Waals surface area contributed by atoms with Crippen LogP contribution in [0, 0.1) is 12.3 Å². The van der Waals surface area contributed by atoms with Crippen LogP contribution >= 0.6 is 0 Å². The second kappa shape index (κ2) is 6.89. The summed E-state index contributed by atoms with van der Waals surface area (Å²) in [5, 5.41) is 7.51. The Morgan fingerprint density at radius 3 is 2.80 bits per heavy atom. The van der Waals surface area contributed by atoms with Gasteiger partial charge in [-0.1, -0.05) is 31.9 Å². The van der Waals surface area contributed by atoms with Crippen molar-refractivity contribution in [3.05, 3.63) is 34.9 Å². The van der Waals surface area contributed by atoms with E-state index >= 15 is 0 Å². The fraction of sp³-hybridized carbons (Fsp3) is 0.588. The molecule has 0 amide bonds. The van der Waals surface area contributed by atoms with Crippen LogP contribution in [0.25, 0.3) is 0 Å². The molecule has 20 heavy (non-hydrogen) atoms. The molecule has 1 aromatic rings. The van der Waals surface area contributed by atoms with Crippen LogP contribution in [0.5, 0.6) is 0 Å². The highest BCUT2D eigenvalue weighted by Gasteiger charge is 2.19. The zero-order valence-electron chi connectivity index (χ0n) is 12.8. The number of hydrogen-bond acceptors (Lipinski definition) is 2. The first-order valence-corrected chi connectivity index (χ1v) is 7.79. The first-order valence-electron chi connectivity index (χ1n) is 7.79. The molecule has 3 heteroatoms. The highest BCUT2D eigenvalue weighted by molar-refractivity contribution is 5.95. The molecule has 0 radical (unpaired) electrons. The Morgan fingerprint density at radius 2 is 2.15 bits per heavy atom. The monoisotopic (exact) mass is 273 g/mol. The maximum absolute atomic E-state index is 7.51. The predicted molar refractivity (Wildman–Crippen MR) is 85.2 cm³/mol. The molecule has 1 aromatic carbocycles. The normalized spacial score (nSPS) is 20.6. The van der Waals surface area contributed by atoms with Crippen molar-refractivity contribution in [3.63, 3.8) is 0 Å². The van der Waals surface area contributed by atoms with Crippen LogP contribution in [-0.2, 0) is 6.54 Å². The second-order valence-electron chi connectivity index (χ2n) is 5.94. The van der Waals surface area contributed by atoms with Crippen molar-refractivity contribution in [2.75, 3.05) is 6.54 Å². The van der Waals surface area contributed by atoms with E-state index in [1.165, 1.54) is 49.8 Å². The number of nitrogens with two attached hydrogens (primary N) is 1. The van der Waals surface area contributed by atoms with Gasteiger partial charge in [0.2, 0.25) is 0 Å². The number of nitrogen functional groups attached to an aromatic ring is 1. The van der Waals surface area contributed by atoms with E-state index in [0.717, 1.165) is 18.2 Å². The Hall–Kier alpha value is -1.35. The molecule has 0 aromatic heterocycles. The van der Waals surface area contributed by atoms with Gasteiger partial charge in [0.1, 0.15) is 5.84 Å². The third-order valence-corrected chi connectivity index (χ3v) is 4.50. The first-order chi connectivity index (χ1) is 9.61. The largest absolute Gasteiger partial charge is 0.384 e. The van der Waals surface area contributed by atoms with E-state index < -0.39 is 0 Å².